The molecule has 1 aromatic heterocycles. The predicted molar refractivity (Wildman–Crippen MR) is 77.6 cm³/mol. The third-order valence-corrected chi connectivity index (χ3v) is 3.09. The third kappa shape index (κ3) is 4.67. The molecule has 0 amide bonds. The van der Waals surface area contributed by atoms with E-state index in [1.807, 2.05) is 6.07 Å². The number of hydrogen-bond acceptors (Lipinski definition) is 5. The molecule has 0 unspecified atom stereocenters. The first-order valence-corrected chi connectivity index (χ1v) is 7.14. The fraction of sp³-hybridized carbons (Fsp3) is 0.714. The number of rotatable bonds is 7. The second-order valence-electron chi connectivity index (χ2n) is 5.35. The largest absolute Gasteiger partial charge is 0.379 e. The molecule has 0 atom stereocenters. The molecule has 0 bridgehead atoms. The lowest BCUT2D eigenvalue weighted by Gasteiger charge is -2.16. The molecule has 1 N–H and O–H groups in total. The van der Waals surface area contributed by atoms with Crippen molar-refractivity contribution in [3.05, 3.63) is 12.4 Å². The van der Waals surface area contributed by atoms with E-state index in [1.54, 1.807) is 6.33 Å². The Labute approximate surface area is 115 Å². The zero-order valence-corrected chi connectivity index (χ0v) is 11.9. The lowest BCUT2D eigenvalue weighted by molar-refractivity contribution is 0.118. The summed E-state index contributed by atoms with van der Waals surface area (Å²) in [6, 6.07) is 2.02. The van der Waals surface area contributed by atoms with Crippen molar-refractivity contribution in [2.75, 3.05) is 43.1 Å². The molecule has 0 saturated carbocycles. The van der Waals surface area contributed by atoms with Crippen molar-refractivity contribution < 1.29 is 4.74 Å². The lowest BCUT2D eigenvalue weighted by atomic mass is 10.2. The average Bonchev–Trinajstić information content (AvgIpc) is 2.92. The van der Waals surface area contributed by atoms with Crippen LogP contribution in [-0.2, 0) is 4.74 Å². The summed E-state index contributed by atoms with van der Waals surface area (Å²) < 4.78 is 5.53. The summed E-state index contributed by atoms with van der Waals surface area (Å²) >= 11 is 0. The van der Waals surface area contributed by atoms with Gasteiger partial charge in [0.1, 0.15) is 18.0 Å². The summed E-state index contributed by atoms with van der Waals surface area (Å²) in [4.78, 5) is 10.9. The van der Waals surface area contributed by atoms with Gasteiger partial charge in [-0.15, -0.1) is 0 Å². The number of nitrogens with zero attached hydrogens (tertiary/aromatic N) is 3. The summed E-state index contributed by atoms with van der Waals surface area (Å²) in [5, 5.41) is 3.28. The van der Waals surface area contributed by atoms with Gasteiger partial charge in [0.25, 0.3) is 0 Å². The van der Waals surface area contributed by atoms with Crippen LogP contribution in [0.2, 0.25) is 0 Å². The SMILES string of the molecule is CC(C)COCCNc1cc(N2CCCC2)ncn1. The van der Waals surface area contributed by atoms with Gasteiger partial charge in [-0.2, -0.15) is 0 Å². The van der Waals surface area contributed by atoms with Crippen molar-refractivity contribution in [2.24, 2.45) is 5.92 Å². The Bertz CT molecular complexity index is 377. The highest BCUT2D eigenvalue weighted by atomic mass is 16.5. The van der Waals surface area contributed by atoms with Gasteiger partial charge in [-0.05, 0) is 18.8 Å². The van der Waals surface area contributed by atoms with Crippen molar-refractivity contribution >= 4 is 11.6 Å². The van der Waals surface area contributed by atoms with Gasteiger partial charge in [-0.1, -0.05) is 13.8 Å². The Balaban J connectivity index is 1.75. The van der Waals surface area contributed by atoms with E-state index in [0.29, 0.717) is 12.5 Å². The molecule has 1 aliphatic rings. The summed E-state index contributed by atoms with van der Waals surface area (Å²) in [5.74, 6) is 2.49. The average molecular weight is 264 g/mol. The number of ether oxygens (including phenoxy) is 1. The minimum atomic E-state index is 0.584. The number of nitrogens with one attached hydrogen (secondary N) is 1. The van der Waals surface area contributed by atoms with E-state index < -0.39 is 0 Å². The maximum absolute atomic E-state index is 5.53. The van der Waals surface area contributed by atoms with Crippen LogP contribution >= 0.6 is 0 Å². The van der Waals surface area contributed by atoms with Crippen LogP contribution in [-0.4, -0.2) is 42.8 Å². The first-order valence-electron chi connectivity index (χ1n) is 7.14. The number of hydrogen-bond donors (Lipinski definition) is 1. The molecular formula is C14H24N4O. The van der Waals surface area contributed by atoms with Crippen LogP contribution in [0.4, 0.5) is 11.6 Å². The maximum atomic E-state index is 5.53. The molecule has 2 rings (SSSR count). The van der Waals surface area contributed by atoms with E-state index >= 15 is 0 Å². The Hall–Kier alpha value is -1.36. The third-order valence-electron chi connectivity index (χ3n) is 3.09. The Morgan fingerprint density at radius 3 is 2.84 bits per heavy atom. The van der Waals surface area contributed by atoms with E-state index in [2.05, 4.69) is 34.0 Å². The molecule has 0 spiro atoms. The van der Waals surface area contributed by atoms with Crippen LogP contribution < -0.4 is 10.2 Å². The topological polar surface area (TPSA) is 50.3 Å². The van der Waals surface area contributed by atoms with E-state index in [1.165, 1.54) is 12.8 Å². The second kappa shape index (κ2) is 7.28. The molecule has 2 heterocycles. The first kappa shape index (κ1) is 14.1. The zero-order chi connectivity index (χ0) is 13.5. The highest BCUT2D eigenvalue weighted by Crippen LogP contribution is 2.18. The Morgan fingerprint density at radius 2 is 2.11 bits per heavy atom. The van der Waals surface area contributed by atoms with Crippen molar-refractivity contribution in [3.63, 3.8) is 0 Å². The Kier molecular flexibility index (Phi) is 5.39. The van der Waals surface area contributed by atoms with Crippen LogP contribution in [0.15, 0.2) is 12.4 Å². The lowest BCUT2D eigenvalue weighted by Crippen LogP contribution is -2.19. The number of anilines is 2. The van der Waals surface area contributed by atoms with Crippen LogP contribution in [0.25, 0.3) is 0 Å². The van der Waals surface area contributed by atoms with Gasteiger partial charge in [-0.3, -0.25) is 0 Å². The molecular weight excluding hydrogens is 240 g/mol. The fourth-order valence-electron chi connectivity index (χ4n) is 2.13. The van der Waals surface area contributed by atoms with E-state index in [4.69, 9.17) is 4.74 Å². The van der Waals surface area contributed by atoms with E-state index in [0.717, 1.165) is 37.9 Å². The van der Waals surface area contributed by atoms with E-state index in [-0.39, 0.29) is 0 Å². The van der Waals surface area contributed by atoms with E-state index in [9.17, 15) is 0 Å². The maximum Gasteiger partial charge on any atom is 0.134 e. The second-order valence-corrected chi connectivity index (χ2v) is 5.35. The van der Waals surface area contributed by atoms with Gasteiger partial charge in [0.15, 0.2) is 0 Å². The minimum absolute atomic E-state index is 0.584. The standard InChI is InChI=1S/C14H24N4O/c1-12(2)10-19-8-5-15-13-9-14(17-11-16-13)18-6-3-4-7-18/h9,11-12H,3-8,10H2,1-2H3,(H,15,16,17). The summed E-state index contributed by atoms with van der Waals surface area (Å²) in [6.45, 7) is 8.82. The van der Waals surface area contributed by atoms with Crippen LogP contribution in [0.1, 0.15) is 26.7 Å². The summed E-state index contributed by atoms with van der Waals surface area (Å²) in [6.07, 6.45) is 4.15. The van der Waals surface area contributed by atoms with Crippen molar-refractivity contribution in [1.29, 1.82) is 0 Å². The molecule has 0 aromatic carbocycles. The summed E-state index contributed by atoms with van der Waals surface area (Å²) in [7, 11) is 0. The van der Waals surface area contributed by atoms with Gasteiger partial charge < -0.3 is 15.0 Å². The zero-order valence-electron chi connectivity index (χ0n) is 11.9. The minimum Gasteiger partial charge on any atom is -0.379 e. The first-order chi connectivity index (χ1) is 9.25. The highest BCUT2D eigenvalue weighted by molar-refractivity contribution is 5.48. The van der Waals surface area contributed by atoms with Crippen LogP contribution in [0.5, 0.6) is 0 Å². The molecule has 1 saturated heterocycles. The molecule has 1 fully saturated rings. The normalized spacial score (nSPS) is 15.2. The molecule has 5 nitrogen and oxygen atoms in total. The van der Waals surface area contributed by atoms with Gasteiger partial charge in [0, 0.05) is 32.3 Å². The monoisotopic (exact) mass is 264 g/mol. The van der Waals surface area contributed by atoms with Crippen LogP contribution in [0, 0.1) is 5.92 Å². The molecule has 5 heteroatoms. The smallest absolute Gasteiger partial charge is 0.134 e. The van der Waals surface area contributed by atoms with Gasteiger partial charge in [0.05, 0.1) is 6.61 Å². The van der Waals surface area contributed by atoms with Gasteiger partial charge >= 0.3 is 0 Å². The summed E-state index contributed by atoms with van der Waals surface area (Å²) in [5.41, 5.74) is 0. The molecule has 1 aromatic rings. The molecule has 0 radical (unpaired) electrons. The van der Waals surface area contributed by atoms with Crippen molar-refractivity contribution in [3.8, 4) is 0 Å². The highest BCUT2D eigenvalue weighted by Gasteiger charge is 2.13. The molecule has 0 aliphatic carbocycles. The number of aromatic nitrogens is 2. The van der Waals surface area contributed by atoms with Crippen LogP contribution in [0.3, 0.4) is 0 Å². The molecule has 1 aliphatic heterocycles. The van der Waals surface area contributed by atoms with Crippen molar-refractivity contribution in [2.45, 2.75) is 26.7 Å². The van der Waals surface area contributed by atoms with Gasteiger partial charge in [0.2, 0.25) is 0 Å². The molecule has 19 heavy (non-hydrogen) atoms. The molecule has 106 valence electrons. The quantitative estimate of drug-likeness (QED) is 0.765. The predicted octanol–water partition coefficient (Wildman–Crippen LogP) is 2.16. The Morgan fingerprint density at radius 1 is 1.32 bits per heavy atom. The fourth-order valence-corrected chi connectivity index (χ4v) is 2.13. The van der Waals surface area contributed by atoms with Gasteiger partial charge in [-0.25, -0.2) is 9.97 Å². The van der Waals surface area contributed by atoms with Crippen molar-refractivity contribution in [1.82, 2.24) is 9.97 Å².